The van der Waals surface area contributed by atoms with Gasteiger partial charge in [-0.15, -0.1) is 0 Å². The van der Waals surface area contributed by atoms with Crippen molar-refractivity contribution in [1.82, 2.24) is 4.90 Å². The molecule has 0 aliphatic carbocycles. The lowest BCUT2D eigenvalue weighted by molar-refractivity contribution is -0.131. The van der Waals surface area contributed by atoms with Crippen molar-refractivity contribution < 1.29 is 9.59 Å². The number of benzene rings is 2. The maximum Gasteiger partial charge on any atom is 0.255 e. The number of anilines is 2. The third-order valence-corrected chi connectivity index (χ3v) is 5.44. The number of halogens is 1. The van der Waals surface area contributed by atoms with Crippen LogP contribution in [0.1, 0.15) is 43.0 Å². The first-order chi connectivity index (χ1) is 14.1. The lowest BCUT2D eigenvalue weighted by Gasteiger charge is -2.36. The number of carbonyl (C=O) groups is 2. The van der Waals surface area contributed by atoms with E-state index in [1.54, 1.807) is 24.3 Å². The summed E-state index contributed by atoms with van der Waals surface area (Å²) in [6, 6.07) is 14.7. The van der Waals surface area contributed by atoms with Crippen molar-refractivity contribution in [3.8, 4) is 0 Å². The standard InChI is InChI=1S/C23H28ClN3O2/c1-2-3-4-8-22(28)27-15-13-26(14-16-27)21-11-9-20(10-12-21)25-23(29)18-6-5-7-19(24)17-18/h5-7,9-12,17H,2-4,8,13-16H2,1H3,(H,25,29). The number of nitrogens with one attached hydrogen (secondary N) is 1. The molecule has 154 valence electrons. The largest absolute Gasteiger partial charge is 0.368 e. The van der Waals surface area contributed by atoms with Gasteiger partial charge in [0, 0.05) is 54.6 Å². The summed E-state index contributed by atoms with van der Waals surface area (Å²) in [5.74, 6) is 0.0904. The van der Waals surface area contributed by atoms with Gasteiger partial charge in [0.2, 0.25) is 5.91 Å². The maximum absolute atomic E-state index is 12.3. The molecule has 2 aromatic rings. The highest BCUT2D eigenvalue weighted by molar-refractivity contribution is 6.31. The van der Waals surface area contributed by atoms with E-state index in [2.05, 4.69) is 17.1 Å². The molecule has 2 aromatic carbocycles. The Morgan fingerprint density at radius 2 is 1.72 bits per heavy atom. The van der Waals surface area contributed by atoms with Gasteiger partial charge in [-0.2, -0.15) is 0 Å². The third kappa shape index (κ3) is 5.97. The topological polar surface area (TPSA) is 52.7 Å². The van der Waals surface area contributed by atoms with Gasteiger partial charge in [-0.1, -0.05) is 37.4 Å². The molecule has 0 unspecified atom stereocenters. The SMILES string of the molecule is CCCCCC(=O)N1CCN(c2ccc(NC(=O)c3cccc(Cl)c3)cc2)CC1. The zero-order chi connectivity index (χ0) is 20.6. The Labute approximate surface area is 177 Å². The molecule has 2 amide bonds. The van der Waals surface area contributed by atoms with Crippen molar-refractivity contribution in [2.45, 2.75) is 32.6 Å². The fourth-order valence-electron chi connectivity index (χ4n) is 3.49. The highest BCUT2D eigenvalue weighted by atomic mass is 35.5. The highest BCUT2D eigenvalue weighted by Crippen LogP contribution is 2.21. The average molecular weight is 414 g/mol. The summed E-state index contributed by atoms with van der Waals surface area (Å²) in [6.45, 7) is 5.33. The van der Waals surface area contributed by atoms with E-state index in [4.69, 9.17) is 11.6 Å². The van der Waals surface area contributed by atoms with E-state index in [0.717, 1.165) is 56.8 Å². The van der Waals surface area contributed by atoms with Crippen LogP contribution in [0.5, 0.6) is 0 Å². The smallest absolute Gasteiger partial charge is 0.255 e. The van der Waals surface area contributed by atoms with Crippen molar-refractivity contribution in [1.29, 1.82) is 0 Å². The van der Waals surface area contributed by atoms with Gasteiger partial charge in [-0.3, -0.25) is 9.59 Å². The van der Waals surface area contributed by atoms with Crippen LogP contribution in [0.3, 0.4) is 0 Å². The summed E-state index contributed by atoms with van der Waals surface area (Å²) < 4.78 is 0. The molecule has 1 aliphatic rings. The molecule has 1 saturated heterocycles. The molecular weight excluding hydrogens is 386 g/mol. The zero-order valence-corrected chi connectivity index (χ0v) is 17.6. The molecule has 0 spiro atoms. The van der Waals surface area contributed by atoms with E-state index in [1.807, 2.05) is 29.2 Å². The summed E-state index contributed by atoms with van der Waals surface area (Å²) in [5, 5.41) is 3.43. The average Bonchev–Trinajstić information content (AvgIpc) is 2.74. The van der Waals surface area contributed by atoms with E-state index in [-0.39, 0.29) is 11.8 Å². The van der Waals surface area contributed by atoms with Crippen molar-refractivity contribution in [2.24, 2.45) is 0 Å². The normalized spacial score (nSPS) is 14.0. The lowest BCUT2D eigenvalue weighted by atomic mass is 10.1. The predicted molar refractivity (Wildman–Crippen MR) is 119 cm³/mol. The van der Waals surface area contributed by atoms with E-state index in [1.165, 1.54) is 0 Å². The molecule has 1 N–H and O–H groups in total. The van der Waals surface area contributed by atoms with Gasteiger partial charge in [-0.05, 0) is 48.9 Å². The second kappa shape index (κ2) is 10.3. The minimum atomic E-state index is -0.185. The molecule has 6 heteroatoms. The first-order valence-electron chi connectivity index (χ1n) is 10.3. The molecule has 1 fully saturated rings. The molecule has 0 saturated carbocycles. The van der Waals surface area contributed by atoms with Crippen LogP contribution in [0.15, 0.2) is 48.5 Å². The molecule has 1 heterocycles. The van der Waals surface area contributed by atoms with Gasteiger partial charge in [0.15, 0.2) is 0 Å². The number of nitrogens with zero attached hydrogens (tertiary/aromatic N) is 2. The fourth-order valence-corrected chi connectivity index (χ4v) is 3.68. The second-order valence-corrected chi connectivity index (χ2v) is 7.77. The number of piperazine rings is 1. The Bertz CT molecular complexity index is 830. The Morgan fingerprint density at radius 3 is 2.38 bits per heavy atom. The van der Waals surface area contributed by atoms with Gasteiger partial charge in [0.25, 0.3) is 5.91 Å². The number of unbranched alkanes of at least 4 members (excludes halogenated alkanes) is 2. The number of rotatable bonds is 7. The summed E-state index contributed by atoms with van der Waals surface area (Å²) in [7, 11) is 0. The molecule has 0 aromatic heterocycles. The Kier molecular flexibility index (Phi) is 7.53. The highest BCUT2D eigenvalue weighted by Gasteiger charge is 2.20. The quantitative estimate of drug-likeness (QED) is 0.662. The van der Waals surface area contributed by atoms with E-state index < -0.39 is 0 Å². The number of carbonyl (C=O) groups excluding carboxylic acids is 2. The minimum absolute atomic E-state index is 0.185. The molecule has 1 aliphatic heterocycles. The summed E-state index contributed by atoms with van der Waals surface area (Å²) in [6.07, 6.45) is 3.90. The van der Waals surface area contributed by atoms with Gasteiger partial charge in [-0.25, -0.2) is 0 Å². The van der Waals surface area contributed by atoms with Gasteiger partial charge in [0.05, 0.1) is 0 Å². The molecule has 0 radical (unpaired) electrons. The molecule has 3 rings (SSSR count). The van der Waals surface area contributed by atoms with Crippen LogP contribution >= 0.6 is 11.6 Å². The predicted octanol–water partition coefficient (Wildman–Crippen LogP) is 4.82. The van der Waals surface area contributed by atoms with Crippen LogP contribution in [0.2, 0.25) is 5.02 Å². The lowest BCUT2D eigenvalue weighted by Crippen LogP contribution is -2.48. The maximum atomic E-state index is 12.3. The molecular formula is C23H28ClN3O2. The summed E-state index contributed by atoms with van der Waals surface area (Å²) >= 11 is 5.95. The monoisotopic (exact) mass is 413 g/mol. The minimum Gasteiger partial charge on any atom is -0.368 e. The van der Waals surface area contributed by atoms with Crippen molar-refractivity contribution in [3.63, 3.8) is 0 Å². The Morgan fingerprint density at radius 1 is 1.00 bits per heavy atom. The number of amides is 2. The molecule has 0 atom stereocenters. The first-order valence-corrected chi connectivity index (χ1v) is 10.6. The van der Waals surface area contributed by atoms with Crippen LogP contribution < -0.4 is 10.2 Å². The van der Waals surface area contributed by atoms with Crippen LogP contribution in [0, 0.1) is 0 Å². The van der Waals surface area contributed by atoms with Gasteiger partial charge >= 0.3 is 0 Å². The van der Waals surface area contributed by atoms with Crippen LogP contribution in [-0.4, -0.2) is 42.9 Å². The van der Waals surface area contributed by atoms with E-state index in [9.17, 15) is 9.59 Å². The van der Waals surface area contributed by atoms with E-state index in [0.29, 0.717) is 17.0 Å². The van der Waals surface area contributed by atoms with Gasteiger partial charge < -0.3 is 15.1 Å². The van der Waals surface area contributed by atoms with Crippen LogP contribution in [0.25, 0.3) is 0 Å². The van der Waals surface area contributed by atoms with Crippen LogP contribution in [0.4, 0.5) is 11.4 Å². The van der Waals surface area contributed by atoms with Crippen molar-refractivity contribution in [3.05, 3.63) is 59.1 Å². The zero-order valence-electron chi connectivity index (χ0n) is 16.9. The molecule has 5 nitrogen and oxygen atoms in total. The Balaban J connectivity index is 1.51. The third-order valence-electron chi connectivity index (χ3n) is 5.20. The molecule has 0 bridgehead atoms. The van der Waals surface area contributed by atoms with Crippen molar-refractivity contribution in [2.75, 3.05) is 36.4 Å². The van der Waals surface area contributed by atoms with Gasteiger partial charge in [0.1, 0.15) is 0 Å². The van der Waals surface area contributed by atoms with E-state index >= 15 is 0 Å². The first kappa shape index (κ1) is 21.2. The summed E-state index contributed by atoms with van der Waals surface area (Å²) in [5.41, 5.74) is 2.37. The second-order valence-electron chi connectivity index (χ2n) is 7.34. The van der Waals surface area contributed by atoms with Crippen LogP contribution in [-0.2, 0) is 4.79 Å². The Hall–Kier alpha value is -2.53. The number of hydrogen-bond acceptors (Lipinski definition) is 3. The summed E-state index contributed by atoms with van der Waals surface area (Å²) in [4.78, 5) is 28.8. The van der Waals surface area contributed by atoms with Crippen molar-refractivity contribution >= 4 is 34.8 Å². The fraction of sp³-hybridized carbons (Fsp3) is 0.391. The molecule has 29 heavy (non-hydrogen) atoms. The number of hydrogen-bond donors (Lipinski definition) is 1.